The predicted octanol–water partition coefficient (Wildman–Crippen LogP) is 0.808. The maximum Gasteiger partial charge on any atom is 0.152 e. The molecule has 1 saturated heterocycles. The number of aryl methyl sites for hydroxylation is 1. The van der Waals surface area contributed by atoms with Crippen LogP contribution in [0.25, 0.3) is 0 Å². The summed E-state index contributed by atoms with van der Waals surface area (Å²) in [5, 5.41) is 0. The van der Waals surface area contributed by atoms with Gasteiger partial charge in [-0.3, -0.25) is 4.90 Å². The molecule has 4 nitrogen and oxygen atoms in total. The van der Waals surface area contributed by atoms with Crippen molar-refractivity contribution in [1.82, 2.24) is 4.90 Å². The number of nitrogen functional groups attached to an aromatic ring is 1. The van der Waals surface area contributed by atoms with Crippen molar-refractivity contribution in [3.05, 3.63) is 29.3 Å². The van der Waals surface area contributed by atoms with Crippen molar-refractivity contribution >= 4 is 15.5 Å². The predicted molar refractivity (Wildman–Crippen MR) is 69.5 cm³/mol. The lowest BCUT2D eigenvalue weighted by atomic mass is 10.1. The summed E-state index contributed by atoms with van der Waals surface area (Å²) in [7, 11) is -2.78. The first-order valence-electron chi connectivity index (χ1n) is 5.74. The fourth-order valence-corrected chi connectivity index (χ4v) is 3.28. The number of sulfone groups is 1. The summed E-state index contributed by atoms with van der Waals surface area (Å²) in [6, 6.07) is 5.98. The van der Waals surface area contributed by atoms with Gasteiger partial charge < -0.3 is 5.73 Å². The molecule has 2 N–H and O–H groups in total. The summed E-state index contributed by atoms with van der Waals surface area (Å²) < 4.78 is 22.6. The van der Waals surface area contributed by atoms with Crippen LogP contribution in [0.5, 0.6) is 0 Å². The topological polar surface area (TPSA) is 63.4 Å². The van der Waals surface area contributed by atoms with Crippen LogP contribution in [-0.2, 0) is 16.4 Å². The molecule has 1 aromatic rings. The molecule has 5 heteroatoms. The monoisotopic (exact) mass is 254 g/mol. The van der Waals surface area contributed by atoms with Gasteiger partial charge in [0.25, 0.3) is 0 Å². The molecule has 0 aromatic heterocycles. The van der Waals surface area contributed by atoms with Crippen LogP contribution < -0.4 is 5.73 Å². The number of hydrogen-bond donors (Lipinski definition) is 1. The average Bonchev–Trinajstić information content (AvgIpc) is 2.27. The van der Waals surface area contributed by atoms with Crippen LogP contribution >= 0.6 is 0 Å². The SMILES string of the molecule is Cc1cc(CN2CCS(=O)(=O)CC2)ccc1N. The molecule has 2 rings (SSSR count). The lowest BCUT2D eigenvalue weighted by molar-refractivity contribution is 0.287. The lowest BCUT2D eigenvalue weighted by Crippen LogP contribution is -2.39. The third-order valence-corrected chi connectivity index (χ3v) is 4.79. The molecule has 17 heavy (non-hydrogen) atoms. The molecule has 0 amide bonds. The highest BCUT2D eigenvalue weighted by atomic mass is 32.2. The highest BCUT2D eigenvalue weighted by Crippen LogP contribution is 2.15. The van der Waals surface area contributed by atoms with E-state index < -0.39 is 9.84 Å². The molecule has 1 aliphatic rings. The van der Waals surface area contributed by atoms with Crippen molar-refractivity contribution in [3.8, 4) is 0 Å². The smallest absolute Gasteiger partial charge is 0.152 e. The van der Waals surface area contributed by atoms with Crippen molar-refractivity contribution in [2.75, 3.05) is 30.3 Å². The van der Waals surface area contributed by atoms with Crippen LogP contribution in [0.4, 0.5) is 5.69 Å². The largest absolute Gasteiger partial charge is 0.399 e. The first-order valence-corrected chi connectivity index (χ1v) is 7.56. The van der Waals surface area contributed by atoms with E-state index >= 15 is 0 Å². The zero-order chi connectivity index (χ0) is 12.5. The van der Waals surface area contributed by atoms with Crippen LogP contribution in [0.2, 0.25) is 0 Å². The van der Waals surface area contributed by atoms with E-state index in [0.29, 0.717) is 13.1 Å². The zero-order valence-electron chi connectivity index (χ0n) is 10.0. The summed E-state index contributed by atoms with van der Waals surface area (Å²) in [5.74, 6) is 0.557. The van der Waals surface area contributed by atoms with Gasteiger partial charge in [-0.25, -0.2) is 8.42 Å². The van der Waals surface area contributed by atoms with E-state index in [-0.39, 0.29) is 11.5 Å². The Morgan fingerprint density at radius 1 is 1.29 bits per heavy atom. The highest BCUT2D eigenvalue weighted by Gasteiger charge is 2.21. The second-order valence-corrected chi connectivity index (χ2v) is 6.92. The van der Waals surface area contributed by atoms with E-state index in [1.807, 2.05) is 19.1 Å². The Bertz CT molecular complexity index is 497. The zero-order valence-corrected chi connectivity index (χ0v) is 10.8. The first-order chi connectivity index (χ1) is 7.96. The van der Waals surface area contributed by atoms with Gasteiger partial charge in [-0.1, -0.05) is 12.1 Å². The number of nitrogens with zero attached hydrogens (tertiary/aromatic N) is 1. The fraction of sp³-hybridized carbons (Fsp3) is 0.500. The second-order valence-electron chi connectivity index (χ2n) is 4.62. The van der Waals surface area contributed by atoms with Crippen LogP contribution in [0.3, 0.4) is 0 Å². The van der Waals surface area contributed by atoms with Gasteiger partial charge in [0.05, 0.1) is 11.5 Å². The average molecular weight is 254 g/mol. The number of rotatable bonds is 2. The molecule has 1 heterocycles. The number of nitrogens with two attached hydrogens (primary N) is 1. The van der Waals surface area contributed by atoms with E-state index in [4.69, 9.17) is 5.73 Å². The minimum absolute atomic E-state index is 0.279. The van der Waals surface area contributed by atoms with Gasteiger partial charge in [0, 0.05) is 25.3 Å². The molecule has 94 valence electrons. The number of benzene rings is 1. The molecule has 0 unspecified atom stereocenters. The fourth-order valence-electron chi connectivity index (χ4n) is 2.00. The Morgan fingerprint density at radius 3 is 2.53 bits per heavy atom. The second kappa shape index (κ2) is 4.66. The minimum atomic E-state index is -2.78. The lowest BCUT2D eigenvalue weighted by Gasteiger charge is -2.26. The van der Waals surface area contributed by atoms with Crippen molar-refractivity contribution < 1.29 is 8.42 Å². The van der Waals surface area contributed by atoms with Gasteiger partial charge in [0.2, 0.25) is 0 Å². The van der Waals surface area contributed by atoms with Crippen molar-refractivity contribution in [3.63, 3.8) is 0 Å². The van der Waals surface area contributed by atoms with Crippen LogP contribution in [-0.4, -0.2) is 37.9 Å². The van der Waals surface area contributed by atoms with Crippen LogP contribution in [0, 0.1) is 6.92 Å². The van der Waals surface area contributed by atoms with E-state index in [9.17, 15) is 8.42 Å². The normalized spacial score (nSPS) is 20.3. The van der Waals surface area contributed by atoms with Gasteiger partial charge >= 0.3 is 0 Å². The molecular weight excluding hydrogens is 236 g/mol. The molecule has 0 bridgehead atoms. The van der Waals surface area contributed by atoms with E-state index in [2.05, 4.69) is 11.0 Å². The molecular formula is C12H18N2O2S. The summed E-state index contributed by atoms with van der Waals surface area (Å²) >= 11 is 0. The third kappa shape index (κ3) is 3.20. The standard InChI is InChI=1S/C12H18N2O2S/c1-10-8-11(2-3-12(10)13)9-14-4-6-17(15,16)7-5-14/h2-3,8H,4-7,9,13H2,1H3. The Morgan fingerprint density at radius 2 is 1.94 bits per heavy atom. The Hall–Kier alpha value is -1.07. The summed E-state index contributed by atoms with van der Waals surface area (Å²) in [6.07, 6.45) is 0. The minimum Gasteiger partial charge on any atom is -0.399 e. The molecule has 0 atom stereocenters. The van der Waals surface area contributed by atoms with Crippen LogP contribution in [0.15, 0.2) is 18.2 Å². The summed E-state index contributed by atoms with van der Waals surface area (Å²) in [6.45, 7) is 4.05. The van der Waals surface area contributed by atoms with E-state index in [1.54, 1.807) is 0 Å². The van der Waals surface area contributed by atoms with Crippen molar-refractivity contribution in [2.24, 2.45) is 0 Å². The Kier molecular flexibility index (Phi) is 3.40. The summed E-state index contributed by atoms with van der Waals surface area (Å²) in [5.41, 5.74) is 8.83. The molecule has 0 radical (unpaired) electrons. The molecule has 0 aliphatic carbocycles. The molecule has 1 fully saturated rings. The quantitative estimate of drug-likeness (QED) is 0.793. The van der Waals surface area contributed by atoms with Crippen LogP contribution in [0.1, 0.15) is 11.1 Å². The molecule has 0 saturated carbocycles. The van der Waals surface area contributed by atoms with Gasteiger partial charge in [-0.05, 0) is 24.1 Å². The molecule has 1 aliphatic heterocycles. The maximum absolute atomic E-state index is 11.3. The Balaban J connectivity index is 2.00. The molecule has 1 aromatic carbocycles. The van der Waals surface area contributed by atoms with E-state index in [1.165, 1.54) is 5.56 Å². The van der Waals surface area contributed by atoms with Crippen molar-refractivity contribution in [1.29, 1.82) is 0 Å². The van der Waals surface area contributed by atoms with Gasteiger partial charge in [-0.2, -0.15) is 0 Å². The highest BCUT2D eigenvalue weighted by molar-refractivity contribution is 7.91. The van der Waals surface area contributed by atoms with Gasteiger partial charge in [0.15, 0.2) is 9.84 Å². The number of hydrogen-bond acceptors (Lipinski definition) is 4. The molecule has 0 spiro atoms. The summed E-state index contributed by atoms with van der Waals surface area (Å²) in [4.78, 5) is 2.17. The van der Waals surface area contributed by atoms with E-state index in [0.717, 1.165) is 17.8 Å². The third-order valence-electron chi connectivity index (χ3n) is 3.18. The number of anilines is 1. The maximum atomic E-state index is 11.3. The van der Waals surface area contributed by atoms with Crippen molar-refractivity contribution in [2.45, 2.75) is 13.5 Å². The van der Waals surface area contributed by atoms with Gasteiger partial charge in [-0.15, -0.1) is 0 Å². The first kappa shape index (κ1) is 12.4. The van der Waals surface area contributed by atoms with Gasteiger partial charge in [0.1, 0.15) is 0 Å². The Labute approximate surface area is 102 Å².